The van der Waals surface area contributed by atoms with Crippen molar-refractivity contribution in [2.45, 2.75) is 32.5 Å². The van der Waals surface area contributed by atoms with Crippen molar-refractivity contribution < 1.29 is 17.6 Å². The van der Waals surface area contributed by atoms with Gasteiger partial charge in [-0.2, -0.15) is 18.2 Å². The molecule has 0 saturated carbocycles. The molecule has 21 heavy (non-hydrogen) atoms. The Morgan fingerprint density at radius 3 is 2.52 bits per heavy atom. The summed E-state index contributed by atoms with van der Waals surface area (Å²) in [7, 11) is 0. The summed E-state index contributed by atoms with van der Waals surface area (Å²) in [6.45, 7) is 3.64. The molecule has 0 unspecified atom stereocenters. The van der Waals surface area contributed by atoms with Gasteiger partial charge in [0.15, 0.2) is 0 Å². The molecule has 1 aromatic heterocycles. The predicted molar refractivity (Wildman–Crippen MR) is 69.0 cm³/mol. The third-order valence-corrected chi connectivity index (χ3v) is 2.94. The van der Waals surface area contributed by atoms with Gasteiger partial charge in [0.1, 0.15) is 11.6 Å². The molecule has 0 aliphatic rings. The maximum absolute atomic E-state index is 14.0. The number of nitrogens with zero attached hydrogens (tertiary/aromatic N) is 3. The summed E-state index contributed by atoms with van der Waals surface area (Å²) < 4.78 is 53.5. The largest absolute Gasteiger partial charge is 0.419 e. The molecule has 0 radical (unpaired) electrons. The third-order valence-electron chi connectivity index (χ3n) is 2.94. The van der Waals surface area contributed by atoms with E-state index in [1.807, 2.05) is 13.8 Å². The Labute approximate surface area is 118 Å². The highest BCUT2D eigenvalue weighted by molar-refractivity contribution is 5.31. The monoisotopic (exact) mass is 302 g/mol. The van der Waals surface area contributed by atoms with Gasteiger partial charge >= 0.3 is 6.18 Å². The fraction of sp³-hybridized carbons (Fsp3) is 0.385. The summed E-state index contributed by atoms with van der Waals surface area (Å²) in [5.74, 6) is -0.964. The van der Waals surface area contributed by atoms with Gasteiger partial charge in [0.2, 0.25) is 5.95 Å². The maximum atomic E-state index is 14.0. The molecule has 0 aliphatic carbocycles. The molecule has 1 aromatic carbocycles. The number of benzene rings is 1. The van der Waals surface area contributed by atoms with E-state index in [1.54, 1.807) is 0 Å². The van der Waals surface area contributed by atoms with E-state index in [2.05, 4.69) is 10.1 Å². The Hall–Kier alpha value is -2.12. The van der Waals surface area contributed by atoms with E-state index >= 15 is 0 Å². The van der Waals surface area contributed by atoms with Crippen molar-refractivity contribution in [3.63, 3.8) is 0 Å². The summed E-state index contributed by atoms with van der Waals surface area (Å²) in [4.78, 5) is 3.94. The standard InChI is InChI=1S/C13H14F4N4/c1-7(2)21-10(19-12(18)20-21)6-8-4-3-5-9(11(8)14)13(15,16)17/h3-5,7H,6H2,1-2H3,(H2,18,20). The van der Waals surface area contributed by atoms with Crippen LogP contribution in [-0.2, 0) is 12.6 Å². The van der Waals surface area contributed by atoms with Gasteiger partial charge in [-0.25, -0.2) is 9.07 Å². The fourth-order valence-electron chi connectivity index (χ4n) is 2.01. The summed E-state index contributed by atoms with van der Waals surface area (Å²) in [5.41, 5.74) is 4.10. The molecule has 4 nitrogen and oxygen atoms in total. The van der Waals surface area contributed by atoms with Gasteiger partial charge in [0.25, 0.3) is 0 Å². The molecule has 0 spiro atoms. The van der Waals surface area contributed by atoms with Gasteiger partial charge in [-0.15, -0.1) is 5.10 Å². The molecular formula is C13H14F4N4. The summed E-state index contributed by atoms with van der Waals surface area (Å²) in [6.07, 6.45) is -4.84. The van der Waals surface area contributed by atoms with Gasteiger partial charge in [0.05, 0.1) is 5.56 Å². The summed E-state index contributed by atoms with van der Waals surface area (Å²) in [5, 5.41) is 3.95. The second kappa shape index (κ2) is 5.34. The molecule has 0 fully saturated rings. The zero-order valence-electron chi connectivity index (χ0n) is 11.4. The van der Waals surface area contributed by atoms with Crippen molar-refractivity contribution in [3.05, 3.63) is 41.0 Å². The molecule has 114 valence electrons. The second-order valence-corrected chi connectivity index (χ2v) is 4.88. The predicted octanol–water partition coefficient (Wildman–Crippen LogP) is 3.19. The molecule has 2 rings (SSSR count). The van der Waals surface area contributed by atoms with Crippen LogP contribution in [-0.4, -0.2) is 14.8 Å². The summed E-state index contributed by atoms with van der Waals surface area (Å²) >= 11 is 0. The van der Waals surface area contributed by atoms with Gasteiger partial charge in [-0.3, -0.25) is 0 Å². The minimum absolute atomic E-state index is 0.00563. The van der Waals surface area contributed by atoms with Crippen LogP contribution in [0.25, 0.3) is 0 Å². The van der Waals surface area contributed by atoms with Crippen LogP contribution in [0.3, 0.4) is 0 Å². The molecule has 0 bridgehead atoms. The number of rotatable bonds is 3. The lowest BCUT2D eigenvalue weighted by molar-refractivity contribution is -0.140. The smallest absolute Gasteiger partial charge is 0.366 e. The Balaban J connectivity index is 2.41. The highest BCUT2D eigenvalue weighted by atomic mass is 19.4. The minimum Gasteiger partial charge on any atom is -0.366 e. The maximum Gasteiger partial charge on any atom is 0.419 e. The molecule has 0 amide bonds. The van der Waals surface area contributed by atoms with E-state index in [9.17, 15) is 17.6 Å². The molecule has 0 aliphatic heterocycles. The average molecular weight is 302 g/mol. The number of hydrogen-bond donors (Lipinski definition) is 1. The lowest BCUT2D eigenvalue weighted by atomic mass is 10.1. The number of nitrogen functional groups attached to an aromatic ring is 1. The Morgan fingerprint density at radius 1 is 1.29 bits per heavy atom. The Morgan fingerprint density at radius 2 is 1.95 bits per heavy atom. The van der Waals surface area contributed by atoms with E-state index < -0.39 is 17.6 Å². The lowest BCUT2D eigenvalue weighted by Gasteiger charge is -2.12. The zero-order valence-corrected chi connectivity index (χ0v) is 11.4. The quantitative estimate of drug-likeness (QED) is 0.886. The van der Waals surface area contributed by atoms with Crippen LogP contribution in [0.1, 0.15) is 36.8 Å². The Kier molecular flexibility index (Phi) is 3.89. The van der Waals surface area contributed by atoms with Crippen LogP contribution in [0, 0.1) is 5.82 Å². The number of halogens is 4. The van der Waals surface area contributed by atoms with Gasteiger partial charge in [-0.05, 0) is 25.5 Å². The number of hydrogen-bond acceptors (Lipinski definition) is 3. The van der Waals surface area contributed by atoms with Crippen LogP contribution in [0.15, 0.2) is 18.2 Å². The first-order valence-corrected chi connectivity index (χ1v) is 6.25. The lowest BCUT2D eigenvalue weighted by Crippen LogP contribution is -2.12. The molecule has 0 saturated heterocycles. The van der Waals surface area contributed by atoms with Crippen LogP contribution in [0.5, 0.6) is 0 Å². The third kappa shape index (κ3) is 3.14. The van der Waals surface area contributed by atoms with E-state index in [4.69, 9.17) is 5.73 Å². The molecule has 8 heteroatoms. The second-order valence-electron chi connectivity index (χ2n) is 4.88. The van der Waals surface area contributed by atoms with Crippen molar-refractivity contribution in [2.24, 2.45) is 0 Å². The molecule has 2 N–H and O–H groups in total. The van der Waals surface area contributed by atoms with Gasteiger partial charge in [0, 0.05) is 12.5 Å². The first kappa shape index (κ1) is 15.3. The minimum atomic E-state index is -4.73. The van der Waals surface area contributed by atoms with E-state index in [0.29, 0.717) is 11.9 Å². The normalized spacial score (nSPS) is 12.1. The number of anilines is 1. The molecule has 2 aromatic rings. The molecular weight excluding hydrogens is 288 g/mol. The molecule has 0 atom stereocenters. The summed E-state index contributed by atoms with van der Waals surface area (Å²) in [6, 6.07) is 3.08. The first-order chi connectivity index (χ1) is 9.70. The molecule has 1 heterocycles. The van der Waals surface area contributed by atoms with Gasteiger partial charge < -0.3 is 5.73 Å². The van der Waals surface area contributed by atoms with Crippen molar-refractivity contribution >= 4 is 5.95 Å². The van der Waals surface area contributed by atoms with Crippen LogP contribution < -0.4 is 5.73 Å². The highest BCUT2D eigenvalue weighted by Crippen LogP contribution is 2.32. The highest BCUT2D eigenvalue weighted by Gasteiger charge is 2.34. The van der Waals surface area contributed by atoms with Gasteiger partial charge in [-0.1, -0.05) is 12.1 Å². The SMILES string of the molecule is CC(C)n1nc(N)nc1Cc1cccc(C(F)(F)F)c1F. The van der Waals surface area contributed by atoms with Crippen molar-refractivity contribution in [3.8, 4) is 0 Å². The Bertz CT molecular complexity index is 646. The topological polar surface area (TPSA) is 56.7 Å². The number of aromatic nitrogens is 3. The van der Waals surface area contributed by atoms with E-state index in [1.165, 1.54) is 16.8 Å². The average Bonchev–Trinajstić information content (AvgIpc) is 2.71. The number of alkyl halides is 3. The zero-order chi connectivity index (χ0) is 15.8. The fourth-order valence-corrected chi connectivity index (χ4v) is 2.01. The van der Waals surface area contributed by atoms with Crippen LogP contribution in [0.4, 0.5) is 23.5 Å². The van der Waals surface area contributed by atoms with Crippen molar-refractivity contribution in [2.75, 3.05) is 5.73 Å². The number of nitrogens with two attached hydrogens (primary N) is 1. The van der Waals surface area contributed by atoms with Crippen LogP contribution >= 0.6 is 0 Å². The van der Waals surface area contributed by atoms with Crippen molar-refractivity contribution in [1.29, 1.82) is 0 Å². The van der Waals surface area contributed by atoms with Crippen LogP contribution in [0.2, 0.25) is 0 Å². The first-order valence-electron chi connectivity index (χ1n) is 6.25. The van der Waals surface area contributed by atoms with E-state index in [-0.39, 0.29) is 24.0 Å². The van der Waals surface area contributed by atoms with Crippen molar-refractivity contribution in [1.82, 2.24) is 14.8 Å². The van der Waals surface area contributed by atoms with E-state index in [0.717, 1.165) is 0 Å².